The van der Waals surface area contributed by atoms with Crippen LogP contribution in [0.15, 0.2) is 36.5 Å². The number of aryl methyl sites for hydroxylation is 1. The van der Waals surface area contributed by atoms with Gasteiger partial charge in [-0.25, -0.2) is 9.78 Å². The molecular formula is C17H18N2O3S. The summed E-state index contributed by atoms with van der Waals surface area (Å²) >= 11 is 1.32. The first-order chi connectivity index (χ1) is 11.1. The van der Waals surface area contributed by atoms with E-state index in [1.54, 1.807) is 0 Å². The highest BCUT2D eigenvalue weighted by Crippen LogP contribution is 2.21. The minimum atomic E-state index is -0.357. The molecule has 5 nitrogen and oxygen atoms in total. The highest BCUT2D eigenvalue weighted by Gasteiger charge is 2.30. The standard InChI is InChI=1S/C17H18N2O3S/c1-12-18-8-15(23-12)17(21)22-11-14-7-16(20)19(10-14)9-13-5-3-2-4-6-13/h2-6,8,14H,7,9-11H2,1H3. The summed E-state index contributed by atoms with van der Waals surface area (Å²) in [5.41, 5.74) is 1.11. The van der Waals surface area contributed by atoms with E-state index >= 15 is 0 Å². The van der Waals surface area contributed by atoms with Crippen LogP contribution >= 0.6 is 11.3 Å². The van der Waals surface area contributed by atoms with Crippen LogP contribution < -0.4 is 0 Å². The Bertz CT molecular complexity index is 699. The van der Waals surface area contributed by atoms with E-state index in [2.05, 4.69) is 4.98 Å². The number of carbonyl (C=O) groups is 2. The van der Waals surface area contributed by atoms with Crippen LogP contribution in [0.4, 0.5) is 0 Å². The number of hydrogen-bond donors (Lipinski definition) is 0. The summed E-state index contributed by atoms with van der Waals surface area (Å²) in [6, 6.07) is 9.90. The average Bonchev–Trinajstić information content (AvgIpc) is 3.13. The van der Waals surface area contributed by atoms with E-state index in [9.17, 15) is 9.59 Å². The van der Waals surface area contributed by atoms with Crippen molar-refractivity contribution >= 4 is 23.2 Å². The predicted molar refractivity (Wildman–Crippen MR) is 87.1 cm³/mol. The number of hydrogen-bond acceptors (Lipinski definition) is 5. The Morgan fingerprint density at radius 2 is 2.17 bits per heavy atom. The van der Waals surface area contributed by atoms with Gasteiger partial charge < -0.3 is 9.64 Å². The Balaban J connectivity index is 1.50. The van der Waals surface area contributed by atoms with Crippen molar-refractivity contribution in [3.8, 4) is 0 Å². The van der Waals surface area contributed by atoms with E-state index in [-0.39, 0.29) is 24.4 Å². The maximum Gasteiger partial charge on any atom is 0.349 e. The average molecular weight is 330 g/mol. The lowest BCUT2D eigenvalue weighted by atomic mass is 10.1. The van der Waals surface area contributed by atoms with Gasteiger partial charge in [0, 0.05) is 25.4 Å². The van der Waals surface area contributed by atoms with Gasteiger partial charge in [-0.15, -0.1) is 11.3 Å². The molecule has 0 saturated carbocycles. The number of aromatic nitrogens is 1. The lowest BCUT2D eigenvalue weighted by molar-refractivity contribution is -0.128. The number of likely N-dealkylation sites (tertiary alicyclic amines) is 1. The third kappa shape index (κ3) is 3.96. The molecule has 1 aliphatic rings. The largest absolute Gasteiger partial charge is 0.461 e. The van der Waals surface area contributed by atoms with Crippen molar-refractivity contribution < 1.29 is 14.3 Å². The summed E-state index contributed by atoms with van der Waals surface area (Å²) in [5, 5.41) is 0.835. The van der Waals surface area contributed by atoms with Gasteiger partial charge in [0.1, 0.15) is 4.88 Å². The van der Waals surface area contributed by atoms with Crippen LogP contribution in [0.1, 0.15) is 26.7 Å². The molecule has 0 bridgehead atoms. The number of esters is 1. The maximum atomic E-state index is 12.1. The summed E-state index contributed by atoms with van der Waals surface area (Å²) in [6.07, 6.45) is 1.96. The summed E-state index contributed by atoms with van der Waals surface area (Å²) in [4.78, 5) is 30.4. The molecule has 1 aromatic heterocycles. The Labute approximate surface area is 138 Å². The second-order valence-electron chi connectivity index (χ2n) is 5.67. The molecule has 3 rings (SSSR count). The highest BCUT2D eigenvalue weighted by molar-refractivity contribution is 7.13. The molecule has 1 aromatic carbocycles. The van der Waals surface area contributed by atoms with Crippen LogP contribution in [0, 0.1) is 12.8 Å². The number of benzene rings is 1. The lowest BCUT2D eigenvalue weighted by Gasteiger charge is -2.16. The number of ether oxygens (including phenoxy) is 1. The van der Waals surface area contributed by atoms with Crippen molar-refractivity contribution in [1.82, 2.24) is 9.88 Å². The molecule has 0 aliphatic carbocycles. The Kier molecular flexibility index (Phi) is 4.71. The van der Waals surface area contributed by atoms with Gasteiger partial charge in [0.15, 0.2) is 0 Å². The smallest absolute Gasteiger partial charge is 0.349 e. The first-order valence-electron chi connectivity index (χ1n) is 7.53. The molecule has 0 spiro atoms. The zero-order valence-electron chi connectivity index (χ0n) is 12.9. The molecule has 1 fully saturated rings. The molecule has 1 unspecified atom stereocenters. The number of carbonyl (C=O) groups excluding carboxylic acids is 2. The summed E-state index contributed by atoms with van der Waals surface area (Å²) < 4.78 is 5.32. The molecule has 0 radical (unpaired) electrons. The van der Waals surface area contributed by atoms with Crippen molar-refractivity contribution in [2.45, 2.75) is 19.9 Å². The number of amides is 1. The van der Waals surface area contributed by atoms with Gasteiger partial charge in [-0.1, -0.05) is 30.3 Å². The second kappa shape index (κ2) is 6.91. The van der Waals surface area contributed by atoms with Gasteiger partial charge in [-0.2, -0.15) is 0 Å². The fourth-order valence-corrected chi connectivity index (χ4v) is 3.31. The van der Waals surface area contributed by atoms with Crippen molar-refractivity contribution in [2.75, 3.05) is 13.2 Å². The fraction of sp³-hybridized carbons (Fsp3) is 0.353. The monoisotopic (exact) mass is 330 g/mol. The van der Waals surface area contributed by atoms with Crippen LogP contribution in [-0.4, -0.2) is 34.9 Å². The maximum absolute atomic E-state index is 12.1. The molecule has 1 saturated heterocycles. The van der Waals surface area contributed by atoms with E-state index in [1.165, 1.54) is 17.5 Å². The second-order valence-corrected chi connectivity index (χ2v) is 6.91. The predicted octanol–water partition coefficient (Wildman–Crippen LogP) is 2.66. The fourth-order valence-electron chi connectivity index (χ4n) is 2.64. The van der Waals surface area contributed by atoms with Gasteiger partial charge >= 0.3 is 5.97 Å². The van der Waals surface area contributed by atoms with Gasteiger partial charge in [0.2, 0.25) is 5.91 Å². The van der Waals surface area contributed by atoms with E-state index < -0.39 is 0 Å². The molecule has 23 heavy (non-hydrogen) atoms. The lowest BCUT2D eigenvalue weighted by Crippen LogP contribution is -2.25. The zero-order valence-corrected chi connectivity index (χ0v) is 13.7. The quantitative estimate of drug-likeness (QED) is 0.791. The van der Waals surface area contributed by atoms with Crippen molar-refractivity contribution in [3.63, 3.8) is 0 Å². The summed E-state index contributed by atoms with van der Waals surface area (Å²) in [7, 11) is 0. The van der Waals surface area contributed by atoms with Crippen LogP contribution in [-0.2, 0) is 16.1 Å². The van der Waals surface area contributed by atoms with Crippen molar-refractivity contribution in [2.24, 2.45) is 5.92 Å². The highest BCUT2D eigenvalue weighted by atomic mass is 32.1. The number of rotatable bonds is 5. The Hall–Kier alpha value is -2.21. The number of thiazole rings is 1. The third-order valence-corrected chi connectivity index (χ3v) is 4.68. The van der Waals surface area contributed by atoms with Crippen molar-refractivity contribution in [1.29, 1.82) is 0 Å². The molecule has 1 amide bonds. The van der Waals surface area contributed by atoms with E-state index in [0.717, 1.165) is 10.6 Å². The van der Waals surface area contributed by atoms with Crippen molar-refractivity contribution in [3.05, 3.63) is 52.0 Å². The molecule has 0 N–H and O–H groups in total. The zero-order chi connectivity index (χ0) is 16.2. The van der Waals surface area contributed by atoms with Gasteiger partial charge in [0.25, 0.3) is 0 Å². The summed E-state index contributed by atoms with van der Waals surface area (Å²) in [6.45, 7) is 3.35. The summed E-state index contributed by atoms with van der Waals surface area (Å²) in [5.74, 6) is -0.183. The van der Waals surface area contributed by atoms with E-state index in [0.29, 0.717) is 24.4 Å². The topological polar surface area (TPSA) is 59.5 Å². The molecule has 1 aliphatic heterocycles. The van der Waals surface area contributed by atoms with Crippen LogP contribution in [0.3, 0.4) is 0 Å². The molecule has 6 heteroatoms. The minimum Gasteiger partial charge on any atom is -0.461 e. The van der Waals surface area contributed by atoms with Crippen LogP contribution in [0.25, 0.3) is 0 Å². The van der Waals surface area contributed by atoms with Crippen LogP contribution in [0.2, 0.25) is 0 Å². The molecular weight excluding hydrogens is 312 g/mol. The Morgan fingerprint density at radius 1 is 1.39 bits per heavy atom. The number of nitrogens with zero attached hydrogens (tertiary/aromatic N) is 2. The molecule has 2 heterocycles. The molecule has 120 valence electrons. The Morgan fingerprint density at radius 3 is 2.87 bits per heavy atom. The van der Waals surface area contributed by atoms with Gasteiger partial charge in [-0.05, 0) is 12.5 Å². The van der Waals surface area contributed by atoms with E-state index in [4.69, 9.17) is 4.74 Å². The molecule has 1 atom stereocenters. The minimum absolute atomic E-state index is 0.0594. The van der Waals surface area contributed by atoms with Crippen LogP contribution in [0.5, 0.6) is 0 Å². The first kappa shape index (κ1) is 15.7. The van der Waals surface area contributed by atoms with Gasteiger partial charge in [0.05, 0.1) is 17.8 Å². The third-order valence-electron chi connectivity index (χ3n) is 3.78. The normalized spacial score (nSPS) is 17.5. The SMILES string of the molecule is Cc1ncc(C(=O)OCC2CC(=O)N(Cc3ccccc3)C2)s1. The van der Waals surface area contributed by atoms with Gasteiger partial charge in [-0.3, -0.25) is 4.79 Å². The first-order valence-corrected chi connectivity index (χ1v) is 8.34. The molecule has 2 aromatic rings. The van der Waals surface area contributed by atoms with E-state index in [1.807, 2.05) is 42.2 Å².